The molecule has 66 valence electrons. The van der Waals surface area contributed by atoms with E-state index in [1.165, 1.54) is 0 Å². The van der Waals surface area contributed by atoms with Gasteiger partial charge in [-0.25, -0.2) is 4.79 Å². The molecule has 0 radical (unpaired) electrons. The zero-order valence-corrected chi connectivity index (χ0v) is 7.63. The van der Waals surface area contributed by atoms with Gasteiger partial charge in [0, 0.05) is 12.1 Å². The Hall–Kier alpha value is -1.12. The van der Waals surface area contributed by atoms with Crippen LogP contribution in [0.5, 0.6) is 0 Å². The van der Waals surface area contributed by atoms with Gasteiger partial charge in [-0.15, -0.1) is 0 Å². The van der Waals surface area contributed by atoms with Crippen molar-refractivity contribution in [3.8, 4) is 0 Å². The maximum atomic E-state index is 11.2. The number of aliphatic imine (C=N–C) groups is 1. The summed E-state index contributed by atoms with van der Waals surface area (Å²) in [5, 5.41) is 0. The number of nitrogens with zero attached hydrogens (tertiary/aromatic N) is 1. The lowest BCUT2D eigenvalue weighted by atomic mass is 10.1. The van der Waals surface area contributed by atoms with E-state index in [-0.39, 0.29) is 11.9 Å². The van der Waals surface area contributed by atoms with E-state index in [1.807, 2.05) is 13.8 Å². The lowest BCUT2D eigenvalue weighted by molar-refractivity contribution is -0.138. The molecule has 1 aliphatic rings. The number of hydrogen-bond donors (Lipinski definition) is 0. The summed E-state index contributed by atoms with van der Waals surface area (Å²) in [6.07, 6.45) is 1.77. The zero-order chi connectivity index (χ0) is 9.14. The number of carbonyl (C=O) groups is 1. The molecule has 0 aliphatic carbocycles. The largest absolute Gasteiger partial charge is 0.461 e. The van der Waals surface area contributed by atoms with Crippen LogP contribution in [-0.4, -0.2) is 18.8 Å². The molecule has 0 saturated carbocycles. The molecular formula is C9H13NO2. The molecule has 12 heavy (non-hydrogen) atoms. The number of hydrogen-bond acceptors (Lipinski definition) is 3. The van der Waals surface area contributed by atoms with Crippen LogP contribution in [0, 0.1) is 5.92 Å². The molecule has 1 heterocycles. The van der Waals surface area contributed by atoms with Crippen molar-refractivity contribution in [2.75, 3.05) is 6.61 Å². The summed E-state index contributed by atoms with van der Waals surface area (Å²) in [6, 6.07) is 0. The Morgan fingerprint density at radius 2 is 2.42 bits per heavy atom. The van der Waals surface area contributed by atoms with Crippen LogP contribution in [0.4, 0.5) is 0 Å². The minimum absolute atomic E-state index is 0.268. The molecule has 0 fully saturated rings. The van der Waals surface area contributed by atoms with Gasteiger partial charge in [-0.05, 0) is 19.4 Å². The molecule has 0 amide bonds. The first kappa shape index (κ1) is 8.97. The number of ether oxygens (including phenoxy) is 1. The first-order valence-electron chi connectivity index (χ1n) is 4.09. The van der Waals surface area contributed by atoms with E-state index in [1.54, 1.807) is 13.1 Å². The Balaban J connectivity index is 2.75. The van der Waals surface area contributed by atoms with Gasteiger partial charge >= 0.3 is 5.97 Å². The molecule has 1 unspecified atom stereocenters. The van der Waals surface area contributed by atoms with Gasteiger partial charge in [0.15, 0.2) is 0 Å². The van der Waals surface area contributed by atoms with Gasteiger partial charge in [-0.1, -0.05) is 6.92 Å². The minimum atomic E-state index is -0.310. The summed E-state index contributed by atoms with van der Waals surface area (Å²) < 4.78 is 4.83. The molecule has 0 aromatic rings. The third-order valence-corrected chi connectivity index (χ3v) is 1.95. The summed E-state index contributed by atoms with van der Waals surface area (Å²) in [5.41, 5.74) is 1.47. The quantitative estimate of drug-likeness (QED) is 0.585. The lowest BCUT2D eigenvalue weighted by Gasteiger charge is -2.02. The molecule has 3 nitrogen and oxygen atoms in total. The van der Waals surface area contributed by atoms with E-state index in [4.69, 9.17) is 4.74 Å². The summed E-state index contributed by atoms with van der Waals surface area (Å²) in [6.45, 7) is 6.10. The molecule has 0 spiro atoms. The third-order valence-electron chi connectivity index (χ3n) is 1.95. The first-order valence-corrected chi connectivity index (χ1v) is 4.09. The number of allylic oxidation sites excluding steroid dienone is 1. The Kier molecular flexibility index (Phi) is 2.63. The van der Waals surface area contributed by atoms with Crippen molar-refractivity contribution >= 4 is 12.2 Å². The van der Waals surface area contributed by atoms with Crippen LogP contribution >= 0.6 is 0 Å². The highest BCUT2D eigenvalue weighted by Gasteiger charge is 2.20. The van der Waals surface area contributed by atoms with Crippen LogP contribution in [0.15, 0.2) is 16.3 Å². The van der Waals surface area contributed by atoms with Gasteiger partial charge < -0.3 is 4.74 Å². The smallest absolute Gasteiger partial charge is 0.356 e. The number of carbonyl (C=O) groups excluding carboxylic acids is 1. The predicted octanol–water partition coefficient (Wildman–Crippen LogP) is 1.54. The average molecular weight is 167 g/mol. The van der Waals surface area contributed by atoms with Crippen LogP contribution in [-0.2, 0) is 9.53 Å². The van der Waals surface area contributed by atoms with Gasteiger partial charge in [-0.2, -0.15) is 0 Å². The average Bonchev–Trinajstić information content (AvgIpc) is 2.34. The van der Waals surface area contributed by atoms with E-state index in [0.29, 0.717) is 12.3 Å². The summed E-state index contributed by atoms with van der Waals surface area (Å²) in [7, 11) is 0. The van der Waals surface area contributed by atoms with Crippen molar-refractivity contribution < 1.29 is 9.53 Å². The maximum Gasteiger partial charge on any atom is 0.356 e. The highest BCUT2D eigenvalue weighted by Crippen LogP contribution is 2.21. The fourth-order valence-corrected chi connectivity index (χ4v) is 1.03. The molecule has 1 aliphatic heterocycles. The van der Waals surface area contributed by atoms with Crippen LogP contribution in [0.25, 0.3) is 0 Å². The Morgan fingerprint density at radius 1 is 1.75 bits per heavy atom. The Bertz CT molecular complexity index is 253. The SMILES string of the molecule is CCOC(=O)C1=C(C)C(C)C=N1. The molecular weight excluding hydrogens is 154 g/mol. The van der Waals surface area contributed by atoms with Crippen molar-refractivity contribution in [1.82, 2.24) is 0 Å². The molecule has 1 atom stereocenters. The van der Waals surface area contributed by atoms with Gasteiger partial charge in [0.2, 0.25) is 0 Å². The van der Waals surface area contributed by atoms with Crippen LogP contribution < -0.4 is 0 Å². The van der Waals surface area contributed by atoms with Crippen molar-refractivity contribution in [3.63, 3.8) is 0 Å². The van der Waals surface area contributed by atoms with Crippen LogP contribution in [0.3, 0.4) is 0 Å². The lowest BCUT2D eigenvalue weighted by Crippen LogP contribution is -2.06. The predicted molar refractivity (Wildman–Crippen MR) is 47.0 cm³/mol. The monoisotopic (exact) mass is 167 g/mol. The maximum absolute atomic E-state index is 11.2. The summed E-state index contributed by atoms with van der Waals surface area (Å²) in [4.78, 5) is 15.2. The second kappa shape index (κ2) is 3.52. The first-order chi connectivity index (χ1) is 5.66. The Labute approximate surface area is 72.1 Å². The standard InChI is InChI=1S/C9H13NO2/c1-4-12-9(11)8-7(3)6(2)5-10-8/h5-6H,4H2,1-3H3. The number of rotatable bonds is 2. The van der Waals surface area contributed by atoms with Crippen molar-refractivity contribution in [2.24, 2.45) is 10.9 Å². The van der Waals surface area contributed by atoms with Gasteiger partial charge in [0.1, 0.15) is 5.70 Å². The van der Waals surface area contributed by atoms with E-state index in [0.717, 1.165) is 5.57 Å². The number of esters is 1. The third kappa shape index (κ3) is 1.55. The molecule has 3 heteroatoms. The van der Waals surface area contributed by atoms with E-state index in [9.17, 15) is 4.79 Å². The molecule has 0 aromatic carbocycles. The molecule has 1 rings (SSSR count). The fourth-order valence-electron chi connectivity index (χ4n) is 1.03. The highest BCUT2D eigenvalue weighted by atomic mass is 16.5. The van der Waals surface area contributed by atoms with E-state index < -0.39 is 0 Å². The van der Waals surface area contributed by atoms with Gasteiger partial charge in [0.25, 0.3) is 0 Å². The summed E-state index contributed by atoms with van der Waals surface area (Å²) in [5.74, 6) is -0.0417. The molecule has 0 N–H and O–H groups in total. The molecule has 0 aromatic heterocycles. The topological polar surface area (TPSA) is 38.7 Å². The van der Waals surface area contributed by atoms with E-state index in [2.05, 4.69) is 4.99 Å². The summed E-state index contributed by atoms with van der Waals surface area (Å²) >= 11 is 0. The van der Waals surface area contributed by atoms with Gasteiger partial charge in [-0.3, -0.25) is 4.99 Å². The minimum Gasteiger partial charge on any atom is -0.461 e. The van der Waals surface area contributed by atoms with Crippen LogP contribution in [0.1, 0.15) is 20.8 Å². The van der Waals surface area contributed by atoms with Crippen molar-refractivity contribution in [2.45, 2.75) is 20.8 Å². The van der Waals surface area contributed by atoms with Gasteiger partial charge in [0.05, 0.1) is 6.61 Å². The zero-order valence-electron chi connectivity index (χ0n) is 7.63. The van der Waals surface area contributed by atoms with E-state index >= 15 is 0 Å². The second-order valence-electron chi connectivity index (χ2n) is 2.82. The molecule has 0 bridgehead atoms. The van der Waals surface area contributed by atoms with Crippen molar-refractivity contribution in [3.05, 3.63) is 11.3 Å². The normalized spacial score (nSPS) is 21.8. The Morgan fingerprint density at radius 3 is 2.83 bits per heavy atom. The molecule has 0 saturated heterocycles. The second-order valence-corrected chi connectivity index (χ2v) is 2.82. The van der Waals surface area contributed by atoms with Crippen LogP contribution in [0.2, 0.25) is 0 Å². The fraction of sp³-hybridized carbons (Fsp3) is 0.556. The highest BCUT2D eigenvalue weighted by molar-refractivity contribution is 5.94. The van der Waals surface area contributed by atoms with Crippen molar-refractivity contribution in [1.29, 1.82) is 0 Å².